The summed E-state index contributed by atoms with van der Waals surface area (Å²) in [5, 5.41) is 0. The lowest BCUT2D eigenvalue weighted by atomic mass is 10.2. The van der Waals surface area contributed by atoms with Gasteiger partial charge in [-0.25, -0.2) is 8.42 Å². The van der Waals surface area contributed by atoms with Crippen LogP contribution >= 0.6 is 0 Å². The fraction of sp³-hybridized carbons (Fsp3) is 0.588. The fourth-order valence-corrected chi connectivity index (χ4v) is 3.24. The van der Waals surface area contributed by atoms with Crippen molar-refractivity contribution in [2.24, 2.45) is 0 Å². The van der Waals surface area contributed by atoms with E-state index in [0.29, 0.717) is 12.2 Å². The molecule has 0 bridgehead atoms. The third-order valence-electron chi connectivity index (χ3n) is 3.86. The third-order valence-corrected chi connectivity index (χ3v) is 5.05. The zero-order chi connectivity index (χ0) is 18.3. The molecule has 0 radical (unpaired) electrons. The highest BCUT2D eigenvalue weighted by Gasteiger charge is 2.19. The summed E-state index contributed by atoms with van der Waals surface area (Å²) < 4.78 is 25.5. The number of rotatable bonds is 9. The first kappa shape index (κ1) is 20.3. The van der Waals surface area contributed by atoms with Crippen LogP contribution < -0.4 is 9.21 Å². The molecule has 0 N–H and O–H groups in total. The number of hydrogen-bond donors (Lipinski definition) is 0. The van der Waals surface area contributed by atoms with E-state index in [1.165, 1.54) is 4.31 Å². The molecule has 0 aliphatic rings. The Morgan fingerprint density at radius 2 is 1.54 bits per heavy atom. The second-order valence-corrected chi connectivity index (χ2v) is 8.07. The fourth-order valence-electron chi connectivity index (χ4n) is 2.31. The monoisotopic (exact) mass is 355 g/mol. The van der Waals surface area contributed by atoms with Gasteiger partial charge in [-0.15, -0.1) is 0 Å². The molecule has 0 unspecified atom stereocenters. The van der Waals surface area contributed by atoms with Crippen LogP contribution in [0.1, 0.15) is 26.2 Å². The van der Waals surface area contributed by atoms with E-state index in [9.17, 15) is 13.2 Å². The van der Waals surface area contributed by atoms with E-state index >= 15 is 0 Å². The summed E-state index contributed by atoms with van der Waals surface area (Å²) in [4.78, 5) is 15.8. The first-order valence-corrected chi connectivity index (χ1v) is 10.0. The van der Waals surface area contributed by atoms with Crippen molar-refractivity contribution in [3.63, 3.8) is 0 Å². The first-order valence-electron chi connectivity index (χ1n) is 8.16. The third kappa shape index (κ3) is 6.03. The zero-order valence-electron chi connectivity index (χ0n) is 15.3. The SMILES string of the molecule is CCCCN(C)C(=O)CCN(c1ccc(N(C)C)cc1)S(C)(=O)=O. The Bertz CT molecular complexity index is 627. The van der Waals surface area contributed by atoms with Crippen LogP contribution in [0.15, 0.2) is 24.3 Å². The number of carbonyl (C=O) groups excluding carboxylic acids is 1. The number of anilines is 2. The topological polar surface area (TPSA) is 60.9 Å². The van der Waals surface area contributed by atoms with Crippen molar-refractivity contribution < 1.29 is 13.2 Å². The van der Waals surface area contributed by atoms with Gasteiger partial charge in [0.25, 0.3) is 0 Å². The Morgan fingerprint density at radius 1 is 1.00 bits per heavy atom. The van der Waals surface area contributed by atoms with Gasteiger partial charge in [-0.05, 0) is 30.7 Å². The molecule has 1 amide bonds. The van der Waals surface area contributed by atoms with E-state index in [-0.39, 0.29) is 18.9 Å². The van der Waals surface area contributed by atoms with E-state index in [2.05, 4.69) is 6.92 Å². The predicted molar refractivity (Wildman–Crippen MR) is 100 cm³/mol. The Kier molecular flexibility index (Phi) is 7.54. The molecule has 136 valence electrons. The Morgan fingerprint density at radius 3 is 2.00 bits per heavy atom. The maximum absolute atomic E-state index is 12.2. The second kappa shape index (κ2) is 8.92. The van der Waals surface area contributed by atoms with Crippen LogP contribution in [-0.2, 0) is 14.8 Å². The van der Waals surface area contributed by atoms with Gasteiger partial charge in [-0.3, -0.25) is 9.10 Å². The number of sulfonamides is 1. The Balaban J connectivity index is 2.82. The number of amides is 1. The van der Waals surface area contributed by atoms with Gasteiger partial charge in [-0.2, -0.15) is 0 Å². The zero-order valence-corrected chi connectivity index (χ0v) is 16.1. The molecular weight excluding hydrogens is 326 g/mol. The molecule has 1 aromatic carbocycles. The molecule has 1 aromatic rings. The smallest absolute Gasteiger partial charge is 0.232 e. The van der Waals surface area contributed by atoms with Gasteiger partial charge in [0.2, 0.25) is 15.9 Å². The normalized spacial score (nSPS) is 11.2. The summed E-state index contributed by atoms with van der Waals surface area (Å²) in [6.45, 7) is 2.92. The summed E-state index contributed by atoms with van der Waals surface area (Å²) in [7, 11) is 2.17. The predicted octanol–water partition coefficient (Wildman–Crippen LogP) is 2.17. The van der Waals surface area contributed by atoms with Gasteiger partial charge in [-0.1, -0.05) is 13.3 Å². The van der Waals surface area contributed by atoms with E-state index in [0.717, 1.165) is 24.8 Å². The van der Waals surface area contributed by atoms with E-state index in [1.54, 1.807) is 24.1 Å². The molecule has 0 aromatic heterocycles. The average Bonchev–Trinajstić information content (AvgIpc) is 2.51. The Hall–Kier alpha value is -1.76. The number of unbranched alkanes of at least 4 members (excludes halogenated alkanes) is 1. The van der Waals surface area contributed by atoms with Crippen LogP contribution in [0.5, 0.6) is 0 Å². The van der Waals surface area contributed by atoms with Crippen LogP contribution in [0.3, 0.4) is 0 Å². The molecule has 0 fully saturated rings. The number of benzene rings is 1. The Labute approximate surface area is 146 Å². The van der Waals surface area contributed by atoms with E-state index in [4.69, 9.17) is 0 Å². The second-order valence-electron chi connectivity index (χ2n) is 6.16. The molecule has 7 heteroatoms. The minimum Gasteiger partial charge on any atom is -0.378 e. The number of nitrogens with zero attached hydrogens (tertiary/aromatic N) is 3. The lowest BCUT2D eigenvalue weighted by Gasteiger charge is -2.24. The first-order chi connectivity index (χ1) is 11.2. The van der Waals surface area contributed by atoms with E-state index in [1.807, 2.05) is 31.1 Å². The van der Waals surface area contributed by atoms with Crippen LogP contribution in [-0.4, -0.2) is 59.7 Å². The average molecular weight is 356 g/mol. The quantitative estimate of drug-likeness (QED) is 0.681. The van der Waals surface area contributed by atoms with Gasteiger partial charge in [0.1, 0.15) is 0 Å². The molecule has 0 spiro atoms. The molecular formula is C17H29N3O3S. The van der Waals surface area contributed by atoms with Crippen LogP contribution in [0.2, 0.25) is 0 Å². The molecule has 0 atom stereocenters. The molecule has 0 aliphatic heterocycles. The van der Waals surface area contributed by atoms with Crippen LogP contribution in [0.4, 0.5) is 11.4 Å². The molecule has 0 saturated carbocycles. The molecule has 1 rings (SSSR count). The maximum Gasteiger partial charge on any atom is 0.232 e. The highest BCUT2D eigenvalue weighted by atomic mass is 32.2. The minimum atomic E-state index is -3.44. The largest absolute Gasteiger partial charge is 0.378 e. The summed E-state index contributed by atoms with van der Waals surface area (Å²) >= 11 is 0. The van der Waals surface area contributed by atoms with Crippen molar-refractivity contribution in [3.8, 4) is 0 Å². The van der Waals surface area contributed by atoms with Gasteiger partial charge in [0.15, 0.2) is 0 Å². The summed E-state index contributed by atoms with van der Waals surface area (Å²) in [5.41, 5.74) is 1.56. The number of carbonyl (C=O) groups is 1. The van der Waals surface area contributed by atoms with Gasteiger partial charge >= 0.3 is 0 Å². The molecule has 0 aliphatic carbocycles. The van der Waals surface area contributed by atoms with Crippen LogP contribution in [0, 0.1) is 0 Å². The minimum absolute atomic E-state index is 0.0398. The summed E-state index contributed by atoms with van der Waals surface area (Å²) in [6, 6.07) is 7.26. The molecule has 0 heterocycles. The molecule has 0 saturated heterocycles. The highest BCUT2D eigenvalue weighted by molar-refractivity contribution is 7.92. The lowest BCUT2D eigenvalue weighted by molar-refractivity contribution is -0.129. The van der Waals surface area contributed by atoms with Crippen molar-refractivity contribution >= 4 is 27.3 Å². The van der Waals surface area contributed by atoms with Gasteiger partial charge < -0.3 is 9.80 Å². The summed E-state index contributed by atoms with van der Waals surface area (Å²) in [6.07, 6.45) is 3.30. The molecule has 6 nitrogen and oxygen atoms in total. The van der Waals surface area contributed by atoms with Crippen molar-refractivity contribution in [1.82, 2.24) is 4.90 Å². The lowest BCUT2D eigenvalue weighted by Crippen LogP contribution is -2.35. The van der Waals surface area contributed by atoms with E-state index < -0.39 is 10.0 Å². The van der Waals surface area contributed by atoms with Crippen molar-refractivity contribution in [3.05, 3.63) is 24.3 Å². The standard InChI is InChI=1S/C17H29N3O3S/c1-6-7-13-19(4)17(21)12-14-20(24(5,22)23)16-10-8-15(9-11-16)18(2)3/h8-11H,6-7,12-14H2,1-5H3. The van der Waals surface area contributed by atoms with Crippen molar-refractivity contribution in [2.45, 2.75) is 26.2 Å². The maximum atomic E-state index is 12.2. The van der Waals surface area contributed by atoms with Crippen LogP contribution in [0.25, 0.3) is 0 Å². The van der Waals surface area contributed by atoms with Crippen molar-refractivity contribution in [2.75, 3.05) is 49.7 Å². The van der Waals surface area contributed by atoms with Gasteiger partial charge in [0.05, 0.1) is 11.9 Å². The molecule has 24 heavy (non-hydrogen) atoms. The van der Waals surface area contributed by atoms with Gasteiger partial charge in [0, 0.05) is 46.3 Å². The summed E-state index contributed by atoms with van der Waals surface area (Å²) in [5.74, 6) is -0.0398. The number of hydrogen-bond acceptors (Lipinski definition) is 4. The van der Waals surface area contributed by atoms with Crippen molar-refractivity contribution in [1.29, 1.82) is 0 Å². The highest BCUT2D eigenvalue weighted by Crippen LogP contribution is 2.22.